The topological polar surface area (TPSA) is 119 Å². The maximum atomic E-state index is 13.3. The molecule has 1 atom stereocenters. The lowest BCUT2D eigenvalue weighted by Gasteiger charge is -2.18. The van der Waals surface area contributed by atoms with Crippen LogP contribution in [-0.4, -0.2) is 43.1 Å². The Morgan fingerprint density at radius 3 is 2.91 bits per heavy atom. The van der Waals surface area contributed by atoms with Crippen LogP contribution in [0, 0.1) is 0 Å². The Bertz CT molecular complexity index is 1440. The van der Waals surface area contributed by atoms with E-state index in [4.69, 9.17) is 9.72 Å². The first-order chi connectivity index (χ1) is 16.6. The molecular weight excluding hydrogens is 434 g/mol. The highest BCUT2D eigenvalue weighted by atomic mass is 16.6. The van der Waals surface area contributed by atoms with E-state index in [1.165, 1.54) is 18.2 Å². The molecule has 1 aliphatic carbocycles. The van der Waals surface area contributed by atoms with E-state index in [1.54, 1.807) is 33.9 Å². The van der Waals surface area contributed by atoms with Crippen molar-refractivity contribution in [3.63, 3.8) is 0 Å². The van der Waals surface area contributed by atoms with Gasteiger partial charge in [-0.25, -0.2) is 14.3 Å². The minimum absolute atomic E-state index is 0.108. The molecule has 2 aliphatic rings. The first-order valence-electron chi connectivity index (χ1n) is 11.4. The second-order valence-corrected chi connectivity index (χ2v) is 8.69. The van der Waals surface area contributed by atoms with Crippen LogP contribution in [0.1, 0.15) is 42.0 Å². The fourth-order valence-corrected chi connectivity index (χ4v) is 4.46. The molecule has 34 heavy (non-hydrogen) atoms. The van der Waals surface area contributed by atoms with Gasteiger partial charge < -0.3 is 20.5 Å². The molecule has 0 spiro atoms. The van der Waals surface area contributed by atoms with Gasteiger partial charge in [-0.2, -0.15) is 4.98 Å². The number of hydrogen-bond acceptors (Lipinski definition) is 8. The van der Waals surface area contributed by atoms with Crippen molar-refractivity contribution in [2.24, 2.45) is 0 Å². The molecule has 1 aliphatic heterocycles. The minimum Gasteiger partial charge on any atom is -0.363 e. The number of aliphatic hydroxyl groups is 1. The Labute approximate surface area is 195 Å². The molecule has 4 heterocycles. The van der Waals surface area contributed by atoms with Gasteiger partial charge in [0.15, 0.2) is 11.9 Å². The molecule has 10 nitrogen and oxygen atoms in total. The SMILES string of the molecule is COC(O)c1cc(-n2c3nc(Nc4ccc5c(c4)CCNC5)ncc3c(=O)n2C2CC2)ccn1. The van der Waals surface area contributed by atoms with Crippen LogP contribution >= 0.6 is 0 Å². The smallest absolute Gasteiger partial charge is 0.278 e. The predicted molar refractivity (Wildman–Crippen MR) is 126 cm³/mol. The molecular formula is C24H25N7O3. The lowest BCUT2D eigenvalue weighted by Crippen LogP contribution is -2.23. The minimum atomic E-state index is -1.16. The first kappa shape index (κ1) is 21.0. The van der Waals surface area contributed by atoms with E-state index in [9.17, 15) is 9.90 Å². The zero-order chi connectivity index (χ0) is 23.2. The summed E-state index contributed by atoms with van der Waals surface area (Å²) in [6, 6.07) is 9.86. The number of ether oxygens (including phenoxy) is 1. The monoisotopic (exact) mass is 459 g/mol. The largest absolute Gasteiger partial charge is 0.363 e. The summed E-state index contributed by atoms with van der Waals surface area (Å²) in [5.74, 6) is 0.411. The standard InChI is InChI=1S/C24H25N7O3/c1-34-23(33)20-11-18(7-9-26-20)30-21-19(22(32)31(30)17-4-5-17)13-27-24(29-21)28-16-3-2-15-12-25-8-6-14(15)10-16/h2-3,7,9-11,13,17,23,25,33H,4-6,8,12H2,1H3,(H,27,28,29). The van der Waals surface area contributed by atoms with Crippen molar-refractivity contribution in [3.8, 4) is 5.69 Å². The van der Waals surface area contributed by atoms with Crippen molar-refractivity contribution in [3.05, 3.63) is 69.9 Å². The summed E-state index contributed by atoms with van der Waals surface area (Å²) in [5.41, 5.74) is 4.91. The van der Waals surface area contributed by atoms with Crippen molar-refractivity contribution in [2.75, 3.05) is 19.0 Å². The third kappa shape index (κ3) is 3.65. The van der Waals surface area contributed by atoms with Gasteiger partial charge in [-0.3, -0.25) is 9.78 Å². The second kappa shape index (κ2) is 8.32. The summed E-state index contributed by atoms with van der Waals surface area (Å²) in [6.45, 7) is 1.84. The molecule has 0 amide bonds. The van der Waals surface area contributed by atoms with Gasteiger partial charge in [0, 0.05) is 31.7 Å². The molecule has 3 N–H and O–H groups in total. The Kier molecular flexibility index (Phi) is 5.13. The maximum Gasteiger partial charge on any atom is 0.278 e. The number of rotatable bonds is 6. The van der Waals surface area contributed by atoms with E-state index in [2.05, 4.69) is 32.7 Å². The number of nitrogens with zero attached hydrogens (tertiary/aromatic N) is 5. The van der Waals surface area contributed by atoms with E-state index in [-0.39, 0.29) is 11.6 Å². The summed E-state index contributed by atoms with van der Waals surface area (Å²) >= 11 is 0. The Morgan fingerprint density at radius 2 is 2.09 bits per heavy atom. The highest BCUT2D eigenvalue weighted by Gasteiger charge is 2.31. The summed E-state index contributed by atoms with van der Waals surface area (Å²) < 4.78 is 8.54. The molecule has 174 valence electrons. The third-order valence-corrected chi connectivity index (χ3v) is 6.35. The van der Waals surface area contributed by atoms with Gasteiger partial charge in [0.25, 0.3) is 5.56 Å². The normalized spacial score (nSPS) is 16.4. The van der Waals surface area contributed by atoms with Gasteiger partial charge in [0.05, 0.1) is 17.4 Å². The van der Waals surface area contributed by atoms with E-state index in [0.717, 1.165) is 38.0 Å². The summed E-state index contributed by atoms with van der Waals surface area (Å²) in [6.07, 6.45) is 4.84. The van der Waals surface area contributed by atoms with Crippen molar-refractivity contribution < 1.29 is 9.84 Å². The van der Waals surface area contributed by atoms with Gasteiger partial charge in [0.1, 0.15) is 5.39 Å². The third-order valence-electron chi connectivity index (χ3n) is 6.35. The molecule has 0 saturated heterocycles. The van der Waals surface area contributed by atoms with Crippen LogP contribution in [0.15, 0.2) is 47.5 Å². The van der Waals surface area contributed by atoms with Gasteiger partial charge in [-0.15, -0.1) is 0 Å². The van der Waals surface area contributed by atoms with E-state index in [0.29, 0.717) is 28.4 Å². The molecule has 4 aromatic rings. The lowest BCUT2D eigenvalue weighted by molar-refractivity contribution is -0.0798. The van der Waals surface area contributed by atoms with Crippen molar-refractivity contribution >= 4 is 22.7 Å². The zero-order valence-electron chi connectivity index (χ0n) is 18.7. The fourth-order valence-electron chi connectivity index (χ4n) is 4.46. The Morgan fingerprint density at radius 1 is 1.21 bits per heavy atom. The van der Waals surface area contributed by atoms with Gasteiger partial charge >= 0.3 is 0 Å². The van der Waals surface area contributed by atoms with E-state index in [1.807, 2.05) is 6.07 Å². The van der Waals surface area contributed by atoms with Crippen LogP contribution in [0.2, 0.25) is 0 Å². The molecule has 1 fully saturated rings. The predicted octanol–water partition coefficient (Wildman–Crippen LogP) is 2.34. The number of anilines is 2. The van der Waals surface area contributed by atoms with Crippen molar-refractivity contribution in [1.82, 2.24) is 29.6 Å². The molecule has 0 bridgehead atoms. The number of aromatic nitrogens is 5. The highest BCUT2D eigenvalue weighted by molar-refractivity contribution is 5.77. The first-order valence-corrected chi connectivity index (χ1v) is 11.4. The zero-order valence-corrected chi connectivity index (χ0v) is 18.7. The average Bonchev–Trinajstić information content (AvgIpc) is 3.67. The van der Waals surface area contributed by atoms with Gasteiger partial charge in [0.2, 0.25) is 5.95 Å². The lowest BCUT2D eigenvalue weighted by atomic mass is 10.0. The van der Waals surface area contributed by atoms with Crippen LogP contribution in [0.25, 0.3) is 16.7 Å². The van der Waals surface area contributed by atoms with Crippen LogP contribution in [0.3, 0.4) is 0 Å². The number of fused-ring (bicyclic) bond motifs is 2. The summed E-state index contributed by atoms with van der Waals surface area (Å²) in [7, 11) is 1.41. The van der Waals surface area contributed by atoms with Crippen LogP contribution in [-0.2, 0) is 17.7 Å². The quantitative estimate of drug-likeness (QED) is 0.376. The van der Waals surface area contributed by atoms with Crippen molar-refractivity contribution in [2.45, 2.75) is 38.1 Å². The van der Waals surface area contributed by atoms with E-state index >= 15 is 0 Å². The van der Waals surface area contributed by atoms with E-state index < -0.39 is 6.29 Å². The molecule has 1 saturated carbocycles. The average molecular weight is 460 g/mol. The summed E-state index contributed by atoms with van der Waals surface area (Å²) in [4.78, 5) is 26.6. The second-order valence-electron chi connectivity index (χ2n) is 8.69. The number of aliphatic hydroxyl groups excluding tert-OH is 1. The Balaban J connectivity index is 1.45. The molecule has 1 aromatic carbocycles. The highest BCUT2D eigenvalue weighted by Crippen LogP contribution is 2.36. The number of nitrogens with one attached hydrogen (secondary N) is 2. The molecule has 6 rings (SSSR count). The van der Waals surface area contributed by atoms with Crippen LogP contribution in [0.5, 0.6) is 0 Å². The molecule has 10 heteroatoms. The number of hydrogen-bond donors (Lipinski definition) is 3. The van der Waals surface area contributed by atoms with Crippen molar-refractivity contribution in [1.29, 1.82) is 0 Å². The fraction of sp³-hybridized carbons (Fsp3) is 0.333. The molecule has 0 radical (unpaired) electrons. The number of pyridine rings is 1. The Hall–Kier alpha value is -3.60. The maximum absolute atomic E-state index is 13.3. The number of benzene rings is 1. The van der Waals surface area contributed by atoms with Crippen LogP contribution < -0.4 is 16.2 Å². The molecule has 1 unspecified atom stereocenters. The summed E-state index contributed by atoms with van der Waals surface area (Å²) in [5, 5.41) is 17.2. The van der Waals surface area contributed by atoms with Crippen LogP contribution in [0.4, 0.5) is 11.6 Å². The molecule has 3 aromatic heterocycles. The number of methoxy groups -OCH3 is 1. The van der Waals surface area contributed by atoms with Gasteiger partial charge in [-0.1, -0.05) is 6.07 Å². The van der Waals surface area contributed by atoms with Gasteiger partial charge in [-0.05, 0) is 61.2 Å².